The van der Waals surface area contributed by atoms with Crippen LogP contribution >= 0.6 is 0 Å². The van der Waals surface area contributed by atoms with Crippen molar-refractivity contribution in [2.45, 2.75) is 32.1 Å². The van der Waals surface area contributed by atoms with Crippen molar-refractivity contribution in [2.24, 2.45) is 0 Å². The first-order chi connectivity index (χ1) is 9.22. The number of benzene rings is 1. The van der Waals surface area contributed by atoms with Crippen LogP contribution < -0.4 is 5.32 Å². The fraction of sp³-hybridized carbons (Fsp3) is 0.400. The van der Waals surface area contributed by atoms with E-state index in [9.17, 15) is 8.78 Å². The van der Waals surface area contributed by atoms with Crippen LogP contribution in [0.3, 0.4) is 0 Å². The van der Waals surface area contributed by atoms with Gasteiger partial charge in [0.2, 0.25) is 0 Å². The predicted octanol–water partition coefficient (Wildman–Crippen LogP) is 3.82. The maximum Gasteiger partial charge on any atom is 0.149 e. The summed E-state index contributed by atoms with van der Waals surface area (Å²) in [5.74, 6) is -0.875. The Kier molecular flexibility index (Phi) is 3.09. The van der Waals surface area contributed by atoms with Gasteiger partial charge in [-0.15, -0.1) is 0 Å². The lowest BCUT2D eigenvalue weighted by molar-refractivity contribution is 0.614. The van der Waals surface area contributed by atoms with Crippen molar-refractivity contribution >= 4 is 16.6 Å². The van der Waals surface area contributed by atoms with E-state index in [0.717, 1.165) is 49.4 Å². The van der Waals surface area contributed by atoms with Crippen molar-refractivity contribution in [2.75, 3.05) is 12.4 Å². The summed E-state index contributed by atoms with van der Waals surface area (Å²) in [5.41, 5.74) is 2.82. The molecule has 0 fully saturated rings. The number of anilines is 1. The zero-order valence-electron chi connectivity index (χ0n) is 10.9. The maximum atomic E-state index is 14.0. The van der Waals surface area contributed by atoms with Crippen molar-refractivity contribution < 1.29 is 8.78 Å². The summed E-state index contributed by atoms with van der Waals surface area (Å²) in [6.07, 6.45) is 5.00. The number of pyridine rings is 1. The van der Waals surface area contributed by atoms with Gasteiger partial charge in [0.1, 0.15) is 17.2 Å². The summed E-state index contributed by atoms with van der Waals surface area (Å²) < 4.78 is 27.9. The third-order valence-corrected chi connectivity index (χ3v) is 3.82. The number of hydrogen-bond donors (Lipinski definition) is 1. The highest BCUT2D eigenvalue weighted by Crippen LogP contribution is 2.34. The molecular formula is C15H16F2N2. The quantitative estimate of drug-likeness (QED) is 0.790. The molecule has 0 saturated heterocycles. The summed E-state index contributed by atoms with van der Waals surface area (Å²) in [5, 5.41) is 3.33. The van der Waals surface area contributed by atoms with Crippen molar-refractivity contribution in [3.63, 3.8) is 0 Å². The van der Waals surface area contributed by atoms with Crippen LogP contribution in [0.4, 0.5) is 14.5 Å². The molecule has 1 aliphatic rings. The molecule has 2 aromatic rings. The third-order valence-electron chi connectivity index (χ3n) is 3.82. The molecule has 0 amide bonds. The van der Waals surface area contributed by atoms with Gasteiger partial charge < -0.3 is 5.32 Å². The molecule has 2 nitrogen and oxygen atoms in total. The van der Waals surface area contributed by atoms with E-state index in [1.807, 2.05) is 0 Å². The minimum atomic E-state index is -0.458. The lowest BCUT2D eigenvalue weighted by atomic mass is 10.0. The number of rotatable bonds is 1. The van der Waals surface area contributed by atoms with E-state index in [0.29, 0.717) is 5.69 Å². The van der Waals surface area contributed by atoms with Gasteiger partial charge in [-0.05, 0) is 43.4 Å². The first kappa shape index (κ1) is 12.3. The Balaban J connectivity index is 2.39. The molecule has 0 aliphatic heterocycles. The summed E-state index contributed by atoms with van der Waals surface area (Å²) in [6.45, 7) is 0. The molecule has 1 aliphatic carbocycles. The van der Waals surface area contributed by atoms with Gasteiger partial charge >= 0.3 is 0 Å². The van der Waals surface area contributed by atoms with E-state index < -0.39 is 11.6 Å². The Labute approximate surface area is 110 Å². The fourth-order valence-corrected chi connectivity index (χ4v) is 2.91. The second kappa shape index (κ2) is 4.76. The van der Waals surface area contributed by atoms with E-state index in [2.05, 4.69) is 10.3 Å². The molecular weight excluding hydrogens is 246 g/mol. The van der Waals surface area contributed by atoms with Crippen LogP contribution in [-0.2, 0) is 12.8 Å². The predicted molar refractivity (Wildman–Crippen MR) is 72.5 cm³/mol. The Morgan fingerprint density at radius 1 is 1.05 bits per heavy atom. The average Bonchev–Trinajstić information content (AvgIpc) is 2.66. The first-order valence-electron chi connectivity index (χ1n) is 6.69. The van der Waals surface area contributed by atoms with Gasteiger partial charge in [-0.1, -0.05) is 6.42 Å². The number of nitrogens with zero attached hydrogens (tertiary/aromatic N) is 1. The molecule has 19 heavy (non-hydrogen) atoms. The van der Waals surface area contributed by atoms with Gasteiger partial charge in [0.05, 0.1) is 11.1 Å². The second-order valence-electron chi connectivity index (χ2n) is 4.98. The summed E-state index contributed by atoms with van der Waals surface area (Å²) >= 11 is 0. The van der Waals surface area contributed by atoms with Crippen LogP contribution in [0.15, 0.2) is 12.1 Å². The molecule has 1 aromatic carbocycles. The van der Waals surface area contributed by atoms with Gasteiger partial charge in [-0.3, -0.25) is 0 Å². The Hall–Kier alpha value is -1.71. The number of hydrogen-bond acceptors (Lipinski definition) is 2. The number of aromatic nitrogens is 1. The van der Waals surface area contributed by atoms with E-state index in [1.54, 1.807) is 7.05 Å². The standard InChI is InChI=1S/C15H16F2N2/c1-18-14-9-5-3-2-4-6-12(9)19-15-11(17)8-7-10(16)13(14)15/h7-8H,2-6H2,1H3,(H,18,19). The maximum absolute atomic E-state index is 14.0. The Bertz CT molecular complexity index is 638. The van der Waals surface area contributed by atoms with Gasteiger partial charge in [0, 0.05) is 12.7 Å². The van der Waals surface area contributed by atoms with Gasteiger partial charge in [0.25, 0.3) is 0 Å². The highest BCUT2D eigenvalue weighted by atomic mass is 19.1. The molecule has 100 valence electrons. The number of halogens is 2. The molecule has 1 aromatic heterocycles. The SMILES string of the molecule is CNc1c2c(nc3c(F)ccc(F)c13)CCCCC2. The highest BCUT2D eigenvalue weighted by molar-refractivity contribution is 5.94. The zero-order valence-corrected chi connectivity index (χ0v) is 10.9. The molecule has 0 unspecified atom stereocenters. The molecule has 4 heteroatoms. The first-order valence-corrected chi connectivity index (χ1v) is 6.69. The monoisotopic (exact) mass is 262 g/mol. The van der Waals surface area contributed by atoms with E-state index in [-0.39, 0.29) is 10.9 Å². The normalized spacial score (nSPS) is 15.1. The lowest BCUT2D eigenvalue weighted by Crippen LogP contribution is -2.05. The van der Waals surface area contributed by atoms with Crippen molar-refractivity contribution in [1.29, 1.82) is 0 Å². The lowest BCUT2D eigenvalue weighted by Gasteiger charge is -2.15. The molecule has 0 bridgehead atoms. The van der Waals surface area contributed by atoms with E-state index >= 15 is 0 Å². The minimum Gasteiger partial charge on any atom is -0.387 e. The fourth-order valence-electron chi connectivity index (χ4n) is 2.91. The molecule has 0 radical (unpaired) electrons. The largest absolute Gasteiger partial charge is 0.387 e. The zero-order chi connectivity index (χ0) is 13.4. The molecule has 3 rings (SSSR count). The van der Waals surface area contributed by atoms with Crippen molar-refractivity contribution in [1.82, 2.24) is 4.98 Å². The molecule has 0 atom stereocenters. The number of aryl methyl sites for hydroxylation is 1. The summed E-state index contributed by atoms with van der Waals surface area (Å²) in [6, 6.07) is 2.32. The Morgan fingerprint density at radius 2 is 1.79 bits per heavy atom. The molecule has 0 saturated carbocycles. The number of nitrogens with one attached hydrogen (secondary N) is 1. The topological polar surface area (TPSA) is 24.9 Å². The van der Waals surface area contributed by atoms with Crippen LogP contribution in [0.2, 0.25) is 0 Å². The smallest absolute Gasteiger partial charge is 0.149 e. The molecule has 1 N–H and O–H groups in total. The van der Waals surface area contributed by atoms with Crippen LogP contribution in [0.5, 0.6) is 0 Å². The number of fused-ring (bicyclic) bond motifs is 2. The molecule has 1 heterocycles. The van der Waals surface area contributed by atoms with Crippen molar-refractivity contribution in [3.05, 3.63) is 35.0 Å². The second-order valence-corrected chi connectivity index (χ2v) is 4.98. The van der Waals surface area contributed by atoms with Gasteiger partial charge in [-0.25, -0.2) is 13.8 Å². The third kappa shape index (κ3) is 1.95. The van der Waals surface area contributed by atoms with Crippen LogP contribution in [0, 0.1) is 11.6 Å². The van der Waals surface area contributed by atoms with Crippen LogP contribution in [0.1, 0.15) is 30.5 Å². The van der Waals surface area contributed by atoms with Gasteiger partial charge in [0.15, 0.2) is 0 Å². The molecule has 0 spiro atoms. The van der Waals surface area contributed by atoms with Crippen LogP contribution in [-0.4, -0.2) is 12.0 Å². The van der Waals surface area contributed by atoms with Crippen molar-refractivity contribution in [3.8, 4) is 0 Å². The average molecular weight is 262 g/mol. The van der Waals surface area contributed by atoms with Crippen LogP contribution in [0.25, 0.3) is 10.9 Å². The minimum absolute atomic E-state index is 0.144. The highest BCUT2D eigenvalue weighted by Gasteiger charge is 2.20. The van der Waals surface area contributed by atoms with E-state index in [1.165, 1.54) is 6.07 Å². The summed E-state index contributed by atoms with van der Waals surface area (Å²) in [7, 11) is 1.75. The summed E-state index contributed by atoms with van der Waals surface area (Å²) in [4.78, 5) is 4.39. The van der Waals surface area contributed by atoms with Gasteiger partial charge in [-0.2, -0.15) is 0 Å². The van der Waals surface area contributed by atoms with E-state index in [4.69, 9.17) is 0 Å². The Morgan fingerprint density at radius 3 is 2.58 bits per heavy atom.